The maximum atomic E-state index is 12.3. The van der Waals surface area contributed by atoms with E-state index in [1.807, 2.05) is 6.07 Å². The first-order valence-electron chi connectivity index (χ1n) is 6.44. The van der Waals surface area contributed by atoms with Crippen molar-refractivity contribution >= 4 is 41.9 Å². The van der Waals surface area contributed by atoms with Gasteiger partial charge in [-0.25, -0.2) is 13.1 Å². The summed E-state index contributed by atoms with van der Waals surface area (Å²) in [4.78, 5) is 0.290. The second kappa shape index (κ2) is 6.70. The Kier molecular flexibility index (Phi) is 5.45. The minimum Gasteiger partial charge on any atom is -0.211 e. The van der Waals surface area contributed by atoms with Gasteiger partial charge in [0, 0.05) is 15.5 Å². The van der Waals surface area contributed by atoms with Crippen LogP contribution in [0.4, 0.5) is 0 Å². The summed E-state index contributed by atoms with van der Waals surface area (Å²) in [5.74, 6) is 0.481. The molecular weight excluding hydrogens is 394 g/mol. The van der Waals surface area contributed by atoms with Crippen LogP contribution in [0.25, 0.3) is 0 Å². The molecule has 1 aromatic rings. The molecule has 0 heterocycles. The van der Waals surface area contributed by atoms with E-state index in [0.717, 1.165) is 17.3 Å². The lowest BCUT2D eigenvalue weighted by atomic mass is 9.90. The summed E-state index contributed by atoms with van der Waals surface area (Å²) in [6.07, 6.45) is 5.96. The molecular formula is C13H17Br2NO2S. The van der Waals surface area contributed by atoms with Gasteiger partial charge in [0.05, 0.1) is 4.90 Å². The molecule has 6 heteroatoms. The standard InChI is InChI=1S/C13H17Br2NO2S/c14-11-6-7-12(15)13(8-11)19(17,18)16-9-10-4-2-1-3-5-10/h6-8,10,16H,1-5,9H2. The zero-order valence-electron chi connectivity index (χ0n) is 10.5. The molecule has 1 saturated carbocycles. The van der Waals surface area contributed by atoms with E-state index < -0.39 is 10.0 Å². The molecule has 106 valence electrons. The van der Waals surface area contributed by atoms with Crippen molar-refractivity contribution in [2.24, 2.45) is 5.92 Å². The van der Waals surface area contributed by atoms with Gasteiger partial charge in [-0.05, 0) is 52.9 Å². The molecule has 1 aromatic carbocycles. The number of sulfonamides is 1. The van der Waals surface area contributed by atoms with Crippen molar-refractivity contribution in [2.75, 3.05) is 6.54 Å². The Hall–Kier alpha value is 0.0900. The van der Waals surface area contributed by atoms with Crippen molar-refractivity contribution in [3.63, 3.8) is 0 Å². The second-order valence-corrected chi connectivity index (χ2v) is 8.44. The molecule has 0 unspecified atom stereocenters. The quantitative estimate of drug-likeness (QED) is 0.812. The fraction of sp³-hybridized carbons (Fsp3) is 0.538. The van der Waals surface area contributed by atoms with E-state index in [1.54, 1.807) is 12.1 Å². The first-order chi connectivity index (χ1) is 8.99. The highest BCUT2D eigenvalue weighted by molar-refractivity contribution is 9.11. The van der Waals surface area contributed by atoms with Gasteiger partial charge in [-0.3, -0.25) is 0 Å². The SMILES string of the molecule is O=S(=O)(NCC1CCCCC1)c1cc(Br)ccc1Br. The largest absolute Gasteiger partial charge is 0.241 e. The molecule has 0 bridgehead atoms. The summed E-state index contributed by atoms with van der Waals surface area (Å²) < 4.78 is 28.7. The molecule has 1 aliphatic rings. The van der Waals surface area contributed by atoms with Crippen LogP contribution in [0.15, 0.2) is 32.0 Å². The Bertz CT molecular complexity index is 540. The number of hydrogen-bond acceptors (Lipinski definition) is 2. The molecule has 19 heavy (non-hydrogen) atoms. The predicted octanol–water partition coefficient (Wildman–Crippen LogP) is 4.07. The van der Waals surface area contributed by atoms with Crippen molar-refractivity contribution in [1.82, 2.24) is 4.72 Å². The summed E-state index contributed by atoms with van der Waals surface area (Å²) in [5, 5.41) is 0. The molecule has 0 radical (unpaired) electrons. The normalized spacial score (nSPS) is 17.6. The lowest BCUT2D eigenvalue weighted by Crippen LogP contribution is -2.30. The van der Waals surface area contributed by atoms with Gasteiger partial charge in [-0.2, -0.15) is 0 Å². The smallest absolute Gasteiger partial charge is 0.211 e. The van der Waals surface area contributed by atoms with Crippen molar-refractivity contribution in [2.45, 2.75) is 37.0 Å². The summed E-state index contributed by atoms with van der Waals surface area (Å²) in [7, 11) is -3.44. The van der Waals surface area contributed by atoms with Crippen LogP contribution in [0.3, 0.4) is 0 Å². The lowest BCUT2D eigenvalue weighted by Gasteiger charge is -2.21. The van der Waals surface area contributed by atoms with Crippen molar-refractivity contribution < 1.29 is 8.42 Å². The maximum absolute atomic E-state index is 12.3. The number of nitrogens with one attached hydrogen (secondary N) is 1. The van der Waals surface area contributed by atoms with Crippen LogP contribution in [0, 0.1) is 5.92 Å². The number of halogens is 2. The highest BCUT2D eigenvalue weighted by atomic mass is 79.9. The van der Waals surface area contributed by atoms with Gasteiger partial charge in [-0.1, -0.05) is 35.2 Å². The Morgan fingerprint density at radius 1 is 1.16 bits per heavy atom. The van der Waals surface area contributed by atoms with E-state index in [9.17, 15) is 8.42 Å². The van der Waals surface area contributed by atoms with Crippen LogP contribution < -0.4 is 4.72 Å². The van der Waals surface area contributed by atoms with Gasteiger partial charge in [0.25, 0.3) is 0 Å². The molecule has 0 aliphatic heterocycles. The van der Waals surface area contributed by atoms with Crippen LogP contribution in [0.5, 0.6) is 0 Å². The highest BCUT2D eigenvalue weighted by Gasteiger charge is 2.21. The molecule has 3 nitrogen and oxygen atoms in total. The lowest BCUT2D eigenvalue weighted by molar-refractivity contribution is 0.357. The Morgan fingerprint density at radius 3 is 2.53 bits per heavy atom. The Balaban J connectivity index is 2.07. The molecule has 0 saturated heterocycles. The average molecular weight is 411 g/mol. The number of benzene rings is 1. The average Bonchev–Trinajstić information content (AvgIpc) is 2.40. The summed E-state index contributed by atoms with van der Waals surface area (Å²) >= 11 is 6.60. The van der Waals surface area contributed by atoms with Gasteiger partial charge in [0.15, 0.2) is 0 Å². The highest BCUT2D eigenvalue weighted by Crippen LogP contribution is 2.27. The molecule has 2 rings (SSSR count). The molecule has 0 amide bonds. The summed E-state index contributed by atoms with van der Waals surface area (Å²) in [5.41, 5.74) is 0. The second-order valence-electron chi connectivity index (χ2n) is 4.93. The van der Waals surface area contributed by atoms with Crippen LogP contribution >= 0.6 is 31.9 Å². The van der Waals surface area contributed by atoms with E-state index in [0.29, 0.717) is 16.9 Å². The van der Waals surface area contributed by atoms with Gasteiger partial charge < -0.3 is 0 Å². The Morgan fingerprint density at radius 2 is 1.84 bits per heavy atom. The van der Waals surface area contributed by atoms with Crippen molar-refractivity contribution in [1.29, 1.82) is 0 Å². The van der Waals surface area contributed by atoms with Crippen LogP contribution in [-0.2, 0) is 10.0 Å². The molecule has 1 N–H and O–H groups in total. The van der Waals surface area contributed by atoms with E-state index in [1.165, 1.54) is 19.3 Å². The van der Waals surface area contributed by atoms with Gasteiger partial charge in [0.2, 0.25) is 10.0 Å². The summed E-state index contributed by atoms with van der Waals surface area (Å²) in [6.45, 7) is 0.543. The van der Waals surface area contributed by atoms with Gasteiger partial charge in [0.1, 0.15) is 0 Å². The third kappa shape index (κ3) is 4.28. The van der Waals surface area contributed by atoms with E-state index in [4.69, 9.17) is 0 Å². The fourth-order valence-electron chi connectivity index (χ4n) is 2.38. The van der Waals surface area contributed by atoms with E-state index >= 15 is 0 Å². The molecule has 1 fully saturated rings. The first-order valence-corrected chi connectivity index (χ1v) is 9.51. The zero-order chi connectivity index (χ0) is 13.9. The number of hydrogen-bond donors (Lipinski definition) is 1. The zero-order valence-corrected chi connectivity index (χ0v) is 14.5. The summed E-state index contributed by atoms with van der Waals surface area (Å²) in [6, 6.07) is 5.16. The predicted molar refractivity (Wildman–Crippen MR) is 83.6 cm³/mol. The van der Waals surface area contributed by atoms with Crippen LogP contribution in [0.1, 0.15) is 32.1 Å². The van der Waals surface area contributed by atoms with Gasteiger partial charge >= 0.3 is 0 Å². The van der Waals surface area contributed by atoms with Crippen molar-refractivity contribution in [3.05, 3.63) is 27.1 Å². The first kappa shape index (κ1) is 15.5. The topological polar surface area (TPSA) is 46.2 Å². The monoisotopic (exact) mass is 409 g/mol. The minimum atomic E-state index is -3.44. The molecule has 0 aromatic heterocycles. The van der Waals surface area contributed by atoms with Crippen LogP contribution in [-0.4, -0.2) is 15.0 Å². The molecule has 0 atom stereocenters. The third-order valence-electron chi connectivity index (χ3n) is 3.47. The number of rotatable bonds is 4. The van der Waals surface area contributed by atoms with E-state index in [2.05, 4.69) is 36.6 Å². The van der Waals surface area contributed by atoms with Crippen LogP contribution in [0.2, 0.25) is 0 Å². The molecule has 0 spiro atoms. The molecule has 1 aliphatic carbocycles. The maximum Gasteiger partial charge on any atom is 0.241 e. The fourth-order valence-corrected chi connectivity index (χ4v) is 5.00. The van der Waals surface area contributed by atoms with E-state index in [-0.39, 0.29) is 4.90 Å². The minimum absolute atomic E-state index is 0.290. The third-order valence-corrected chi connectivity index (χ3v) is 6.38. The van der Waals surface area contributed by atoms with Gasteiger partial charge in [-0.15, -0.1) is 0 Å². The Labute approximate surface area is 131 Å². The van der Waals surface area contributed by atoms with Crippen molar-refractivity contribution in [3.8, 4) is 0 Å².